The van der Waals surface area contributed by atoms with Gasteiger partial charge in [-0.25, -0.2) is 0 Å². The summed E-state index contributed by atoms with van der Waals surface area (Å²) in [7, 11) is 1.68. The smallest absolute Gasteiger partial charge is 0.164 e. The van der Waals surface area contributed by atoms with E-state index >= 15 is 0 Å². The average molecular weight is 403 g/mol. The molecule has 4 heteroatoms. The Morgan fingerprint density at radius 3 is 2.48 bits per heavy atom. The number of methoxy groups -OCH3 is 1. The molecule has 162 valence electrons. The van der Waals surface area contributed by atoms with Crippen LogP contribution in [0, 0.1) is 0 Å². The van der Waals surface area contributed by atoms with Gasteiger partial charge in [-0.3, -0.25) is 0 Å². The summed E-state index contributed by atoms with van der Waals surface area (Å²) in [5.74, 6) is 0.389. The standard InChI is InChI=1S/C25H38O4/c1-20(12-17-23-24(2,3)29-25(4,5)28-23)11-9-7-8-10-18-27-19-21-13-15-22(26-6)16-14-21/h7,9,11,13-16,23H,8,10,12,17-19H2,1-6H3/b9-7+,20-11+. The monoisotopic (exact) mass is 402 g/mol. The van der Waals surface area contributed by atoms with Crippen molar-refractivity contribution in [1.29, 1.82) is 0 Å². The van der Waals surface area contributed by atoms with Gasteiger partial charge in [0.15, 0.2) is 5.79 Å². The molecule has 0 N–H and O–H groups in total. The molecule has 0 saturated carbocycles. The predicted octanol–water partition coefficient (Wildman–Crippen LogP) is 6.20. The van der Waals surface area contributed by atoms with Gasteiger partial charge in [0, 0.05) is 6.61 Å². The van der Waals surface area contributed by atoms with Gasteiger partial charge in [0.2, 0.25) is 0 Å². The van der Waals surface area contributed by atoms with Crippen molar-refractivity contribution >= 4 is 0 Å². The van der Waals surface area contributed by atoms with Crippen molar-refractivity contribution in [3.63, 3.8) is 0 Å². The Kier molecular flexibility index (Phi) is 8.94. The van der Waals surface area contributed by atoms with Crippen molar-refractivity contribution < 1.29 is 18.9 Å². The summed E-state index contributed by atoms with van der Waals surface area (Å²) < 4.78 is 22.9. The van der Waals surface area contributed by atoms with Crippen molar-refractivity contribution in [3.05, 3.63) is 53.6 Å². The van der Waals surface area contributed by atoms with Crippen molar-refractivity contribution in [2.75, 3.05) is 13.7 Å². The minimum atomic E-state index is -0.485. The van der Waals surface area contributed by atoms with E-state index in [0.29, 0.717) is 6.61 Å². The Balaban J connectivity index is 1.58. The molecule has 1 atom stereocenters. The number of rotatable bonds is 11. The normalized spacial score (nSPS) is 21.0. The lowest BCUT2D eigenvalue weighted by Crippen LogP contribution is -2.33. The van der Waals surface area contributed by atoms with E-state index in [1.807, 2.05) is 38.1 Å². The first-order valence-electron chi connectivity index (χ1n) is 10.6. The van der Waals surface area contributed by atoms with E-state index in [-0.39, 0.29) is 11.7 Å². The molecule has 1 unspecified atom stereocenters. The van der Waals surface area contributed by atoms with Gasteiger partial charge in [0.1, 0.15) is 5.75 Å². The maximum absolute atomic E-state index is 6.05. The molecule has 2 rings (SSSR count). The van der Waals surface area contributed by atoms with Crippen LogP contribution in [0.5, 0.6) is 5.75 Å². The summed E-state index contributed by atoms with van der Waals surface area (Å²) in [6, 6.07) is 8.00. The highest BCUT2D eigenvalue weighted by Crippen LogP contribution is 2.38. The minimum absolute atomic E-state index is 0.132. The summed E-state index contributed by atoms with van der Waals surface area (Å²) in [5, 5.41) is 0. The van der Waals surface area contributed by atoms with Gasteiger partial charge < -0.3 is 18.9 Å². The second kappa shape index (κ2) is 11.0. The number of hydrogen-bond acceptors (Lipinski definition) is 4. The van der Waals surface area contributed by atoms with E-state index in [2.05, 4.69) is 39.0 Å². The lowest BCUT2D eigenvalue weighted by molar-refractivity contribution is -0.157. The SMILES string of the molecule is COc1ccc(COCCC/C=C/C=C(\C)CCC2OC(C)(C)OC2(C)C)cc1. The quantitative estimate of drug-likeness (QED) is 0.326. The van der Waals surface area contributed by atoms with Gasteiger partial charge in [-0.2, -0.15) is 0 Å². The van der Waals surface area contributed by atoms with Crippen molar-refractivity contribution in [2.45, 2.75) is 84.4 Å². The average Bonchev–Trinajstić information content (AvgIpc) is 2.89. The molecule has 1 heterocycles. The molecule has 0 spiro atoms. The molecule has 4 nitrogen and oxygen atoms in total. The van der Waals surface area contributed by atoms with Crippen molar-refractivity contribution in [1.82, 2.24) is 0 Å². The molecule has 1 aromatic rings. The molecule has 0 radical (unpaired) electrons. The first kappa shape index (κ1) is 23.7. The summed E-state index contributed by atoms with van der Waals surface area (Å²) in [6.45, 7) is 11.8. The lowest BCUT2D eigenvalue weighted by atomic mass is 9.96. The molecule has 29 heavy (non-hydrogen) atoms. The first-order chi connectivity index (χ1) is 13.7. The molecule has 1 saturated heterocycles. The number of allylic oxidation sites excluding steroid dienone is 4. The van der Waals surface area contributed by atoms with E-state index in [0.717, 1.165) is 38.0 Å². The largest absolute Gasteiger partial charge is 0.497 e. The van der Waals surface area contributed by atoms with Gasteiger partial charge in [-0.1, -0.05) is 35.9 Å². The number of hydrogen-bond donors (Lipinski definition) is 0. The number of ether oxygens (including phenoxy) is 4. The van der Waals surface area contributed by atoms with E-state index in [1.165, 1.54) is 11.1 Å². The Morgan fingerprint density at radius 2 is 1.86 bits per heavy atom. The Morgan fingerprint density at radius 1 is 1.14 bits per heavy atom. The fraction of sp³-hybridized carbons (Fsp3) is 0.600. The molecule has 1 aliphatic heterocycles. The van der Waals surface area contributed by atoms with E-state index in [4.69, 9.17) is 18.9 Å². The lowest BCUT2D eigenvalue weighted by Gasteiger charge is -2.23. The predicted molar refractivity (Wildman–Crippen MR) is 118 cm³/mol. The van der Waals surface area contributed by atoms with Crippen LogP contribution in [-0.2, 0) is 20.8 Å². The van der Waals surface area contributed by atoms with Crippen molar-refractivity contribution in [2.24, 2.45) is 0 Å². The van der Waals surface area contributed by atoms with Crippen LogP contribution in [0.15, 0.2) is 48.1 Å². The van der Waals surface area contributed by atoms with Crippen molar-refractivity contribution in [3.8, 4) is 5.75 Å². The highest BCUT2D eigenvalue weighted by Gasteiger charge is 2.46. The molecule has 1 aromatic carbocycles. The third-order valence-electron chi connectivity index (χ3n) is 5.12. The molecule has 0 aromatic heterocycles. The van der Waals surface area contributed by atoms with Crippen LogP contribution in [-0.4, -0.2) is 31.2 Å². The van der Waals surface area contributed by atoms with Crippen LogP contribution in [0.3, 0.4) is 0 Å². The number of unbranched alkanes of at least 4 members (excludes halogenated alkanes) is 1. The summed E-state index contributed by atoms with van der Waals surface area (Å²) in [4.78, 5) is 0. The zero-order valence-corrected chi connectivity index (χ0v) is 19.0. The van der Waals surface area contributed by atoms with Crippen LogP contribution in [0.4, 0.5) is 0 Å². The summed E-state index contributed by atoms with van der Waals surface area (Å²) >= 11 is 0. The van der Waals surface area contributed by atoms with Gasteiger partial charge in [-0.05, 0) is 78.0 Å². The van der Waals surface area contributed by atoms with Crippen LogP contribution in [0.1, 0.15) is 65.9 Å². The Bertz CT molecular complexity index is 671. The maximum Gasteiger partial charge on any atom is 0.164 e. The maximum atomic E-state index is 6.05. The van der Waals surface area contributed by atoms with Crippen LogP contribution >= 0.6 is 0 Å². The summed E-state index contributed by atoms with van der Waals surface area (Å²) in [6.07, 6.45) is 10.7. The summed E-state index contributed by atoms with van der Waals surface area (Å²) in [5.41, 5.74) is 2.30. The third-order valence-corrected chi connectivity index (χ3v) is 5.12. The molecule has 1 aliphatic rings. The number of benzene rings is 1. The van der Waals surface area contributed by atoms with Gasteiger partial charge in [0.05, 0.1) is 25.4 Å². The van der Waals surface area contributed by atoms with E-state index in [9.17, 15) is 0 Å². The van der Waals surface area contributed by atoms with E-state index in [1.54, 1.807) is 7.11 Å². The van der Waals surface area contributed by atoms with Gasteiger partial charge in [0.25, 0.3) is 0 Å². The highest BCUT2D eigenvalue weighted by atomic mass is 16.8. The fourth-order valence-electron chi connectivity index (χ4n) is 3.60. The molecule has 0 bridgehead atoms. The molecule has 0 aliphatic carbocycles. The Labute approximate surface area is 176 Å². The zero-order valence-electron chi connectivity index (χ0n) is 19.0. The highest BCUT2D eigenvalue weighted by molar-refractivity contribution is 5.26. The second-order valence-corrected chi connectivity index (χ2v) is 8.73. The zero-order chi connectivity index (χ0) is 21.3. The molecular formula is C25H38O4. The molecule has 0 amide bonds. The van der Waals surface area contributed by atoms with Crippen LogP contribution in [0.25, 0.3) is 0 Å². The second-order valence-electron chi connectivity index (χ2n) is 8.73. The topological polar surface area (TPSA) is 36.9 Å². The first-order valence-corrected chi connectivity index (χ1v) is 10.6. The van der Waals surface area contributed by atoms with E-state index < -0.39 is 5.79 Å². The van der Waals surface area contributed by atoms with Gasteiger partial charge in [-0.15, -0.1) is 0 Å². The molecule has 1 fully saturated rings. The van der Waals surface area contributed by atoms with Crippen LogP contribution in [0.2, 0.25) is 0 Å². The van der Waals surface area contributed by atoms with Gasteiger partial charge >= 0.3 is 0 Å². The minimum Gasteiger partial charge on any atom is -0.497 e. The molecular weight excluding hydrogens is 364 g/mol. The third kappa shape index (κ3) is 8.33. The Hall–Kier alpha value is -1.62. The fourth-order valence-corrected chi connectivity index (χ4v) is 3.60. The van der Waals surface area contributed by atoms with Crippen LogP contribution < -0.4 is 4.74 Å².